The van der Waals surface area contributed by atoms with E-state index >= 15 is 0 Å². The fourth-order valence-electron chi connectivity index (χ4n) is 1.77. The molecule has 3 N–H and O–H groups in total. The standard InChI is InChI=1S/C14H23N3O3S/c1-9(2)6-4-5-7-15-14(20)16-10(3)12-17-11(8-21-12)13(18)19/h8-10H,4-7H2,1-3H3,(H,18,19)(H2,15,16,20). The molecular formula is C14H23N3O3S. The zero-order valence-corrected chi connectivity index (χ0v) is 13.5. The molecule has 0 fully saturated rings. The molecule has 0 bridgehead atoms. The highest BCUT2D eigenvalue weighted by molar-refractivity contribution is 7.09. The van der Waals surface area contributed by atoms with Gasteiger partial charge in [-0.05, 0) is 19.3 Å². The van der Waals surface area contributed by atoms with Gasteiger partial charge in [-0.15, -0.1) is 11.3 Å². The average Bonchev–Trinajstić information content (AvgIpc) is 2.87. The molecule has 21 heavy (non-hydrogen) atoms. The van der Waals surface area contributed by atoms with Gasteiger partial charge < -0.3 is 15.7 Å². The molecule has 2 amide bonds. The van der Waals surface area contributed by atoms with Gasteiger partial charge in [0.1, 0.15) is 5.01 Å². The Bertz CT molecular complexity index is 474. The first kappa shape index (κ1) is 17.4. The fourth-order valence-corrected chi connectivity index (χ4v) is 2.57. The minimum atomic E-state index is -1.06. The fraction of sp³-hybridized carbons (Fsp3) is 0.643. The van der Waals surface area contributed by atoms with E-state index in [-0.39, 0.29) is 17.8 Å². The minimum Gasteiger partial charge on any atom is -0.476 e. The van der Waals surface area contributed by atoms with Crippen LogP contribution in [0, 0.1) is 5.92 Å². The summed E-state index contributed by atoms with van der Waals surface area (Å²) >= 11 is 1.23. The molecule has 0 saturated carbocycles. The van der Waals surface area contributed by atoms with E-state index in [9.17, 15) is 9.59 Å². The monoisotopic (exact) mass is 313 g/mol. The first-order valence-electron chi connectivity index (χ1n) is 7.13. The number of carboxylic acid groups (broad SMARTS) is 1. The third-order valence-electron chi connectivity index (χ3n) is 2.95. The summed E-state index contributed by atoms with van der Waals surface area (Å²) in [6.07, 6.45) is 3.22. The summed E-state index contributed by atoms with van der Waals surface area (Å²) in [4.78, 5) is 26.4. The van der Waals surface area contributed by atoms with Crippen molar-refractivity contribution in [1.82, 2.24) is 15.6 Å². The first-order chi connectivity index (χ1) is 9.90. The van der Waals surface area contributed by atoms with Crippen LogP contribution in [0.15, 0.2) is 5.38 Å². The number of aromatic nitrogens is 1. The highest BCUT2D eigenvalue weighted by Gasteiger charge is 2.15. The molecule has 6 nitrogen and oxygen atoms in total. The number of thiazole rings is 1. The van der Waals surface area contributed by atoms with Crippen molar-refractivity contribution in [3.63, 3.8) is 0 Å². The van der Waals surface area contributed by atoms with Gasteiger partial charge in [0.15, 0.2) is 5.69 Å². The van der Waals surface area contributed by atoms with E-state index in [0.717, 1.165) is 19.3 Å². The topological polar surface area (TPSA) is 91.3 Å². The molecular weight excluding hydrogens is 290 g/mol. The lowest BCUT2D eigenvalue weighted by Gasteiger charge is -2.12. The predicted octanol–water partition coefficient (Wildman–Crippen LogP) is 3.03. The first-order valence-corrected chi connectivity index (χ1v) is 8.01. The van der Waals surface area contributed by atoms with Crippen molar-refractivity contribution < 1.29 is 14.7 Å². The molecule has 0 spiro atoms. The predicted molar refractivity (Wildman–Crippen MR) is 82.7 cm³/mol. The third-order valence-corrected chi connectivity index (χ3v) is 3.98. The van der Waals surface area contributed by atoms with Crippen molar-refractivity contribution in [1.29, 1.82) is 0 Å². The zero-order valence-electron chi connectivity index (χ0n) is 12.7. The van der Waals surface area contributed by atoms with E-state index in [1.165, 1.54) is 16.7 Å². The van der Waals surface area contributed by atoms with Crippen LogP contribution in [0.25, 0.3) is 0 Å². The van der Waals surface area contributed by atoms with Gasteiger partial charge in [0.05, 0.1) is 6.04 Å². The van der Waals surface area contributed by atoms with Gasteiger partial charge in [-0.25, -0.2) is 14.6 Å². The lowest BCUT2D eigenvalue weighted by atomic mass is 10.1. The second-order valence-corrected chi connectivity index (χ2v) is 6.28. The van der Waals surface area contributed by atoms with Gasteiger partial charge >= 0.3 is 12.0 Å². The Labute approximate surface area is 129 Å². The molecule has 0 saturated heterocycles. The number of nitrogens with one attached hydrogen (secondary N) is 2. The van der Waals surface area contributed by atoms with Crippen LogP contribution in [0.4, 0.5) is 4.79 Å². The Morgan fingerprint density at radius 3 is 2.62 bits per heavy atom. The van der Waals surface area contributed by atoms with Gasteiger partial charge in [0.2, 0.25) is 0 Å². The van der Waals surface area contributed by atoms with Gasteiger partial charge in [0, 0.05) is 11.9 Å². The smallest absolute Gasteiger partial charge is 0.355 e. The maximum absolute atomic E-state index is 11.7. The third kappa shape index (κ3) is 6.57. The molecule has 1 aromatic rings. The Kier molecular flexibility index (Phi) is 7.14. The van der Waals surface area contributed by atoms with Crippen LogP contribution in [0.5, 0.6) is 0 Å². The van der Waals surface area contributed by atoms with E-state index in [1.807, 2.05) is 0 Å². The Morgan fingerprint density at radius 2 is 2.05 bits per heavy atom. The molecule has 0 aliphatic heterocycles. The van der Waals surface area contributed by atoms with Crippen LogP contribution >= 0.6 is 11.3 Å². The molecule has 0 aromatic carbocycles. The van der Waals surface area contributed by atoms with Crippen molar-refractivity contribution in [3.05, 3.63) is 16.1 Å². The normalized spacial score (nSPS) is 12.2. The summed E-state index contributed by atoms with van der Waals surface area (Å²) in [7, 11) is 0. The summed E-state index contributed by atoms with van der Waals surface area (Å²) in [5.41, 5.74) is 0.0118. The van der Waals surface area contributed by atoms with Gasteiger partial charge in [-0.3, -0.25) is 0 Å². The summed E-state index contributed by atoms with van der Waals surface area (Å²) < 4.78 is 0. The number of carbonyl (C=O) groups is 2. The Balaban J connectivity index is 2.28. The number of hydrogen-bond acceptors (Lipinski definition) is 4. The maximum atomic E-state index is 11.7. The molecule has 1 aromatic heterocycles. The summed E-state index contributed by atoms with van der Waals surface area (Å²) in [6.45, 7) is 6.79. The molecule has 1 heterocycles. The molecule has 0 aliphatic rings. The summed E-state index contributed by atoms with van der Waals surface area (Å²) in [5.74, 6) is -0.369. The maximum Gasteiger partial charge on any atom is 0.355 e. The van der Waals surface area contributed by atoms with E-state index in [4.69, 9.17) is 5.11 Å². The second-order valence-electron chi connectivity index (χ2n) is 5.39. The van der Waals surface area contributed by atoms with Gasteiger partial charge in [-0.1, -0.05) is 26.7 Å². The van der Waals surface area contributed by atoms with Crippen LogP contribution < -0.4 is 10.6 Å². The number of amides is 2. The molecule has 7 heteroatoms. The Morgan fingerprint density at radius 1 is 1.33 bits per heavy atom. The Hall–Kier alpha value is -1.63. The lowest BCUT2D eigenvalue weighted by Crippen LogP contribution is -2.37. The van der Waals surface area contributed by atoms with Crippen LogP contribution in [0.2, 0.25) is 0 Å². The summed E-state index contributed by atoms with van der Waals surface area (Å²) in [5, 5.41) is 16.4. The quantitative estimate of drug-likeness (QED) is 0.643. The van der Waals surface area contributed by atoms with Crippen LogP contribution in [-0.2, 0) is 0 Å². The summed E-state index contributed by atoms with van der Waals surface area (Å²) in [6, 6.07) is -0.558. The highest BCUT2D eigenvalue weighted by atomic mass is 32.1. The van der Waals surface area contributed by atoms with Crippen LogP contribution in [0.1, 0.15) is 61.6 Å². The van der Waals surface area contributed by atoms with E-state index < -0.39 is 5.97 Å². The molecule has 1 unspecified atom stereocenters. The van der Waals surface area contributed by atoms with E-state index in [1.54, 1.807) is 6.92 Å². The lowest BCUT2D eigenvalue weighted by molar-refractivity contribution is 0.0691. The van der Waals surface area contributed by atoms with E-state index in [0.29, 0.717) is 17.5 Å². The number of nitrogens with zero attached hydrogens (tertiary/aromatic N) is 1. The number of aromatic carboxylic acids is 1. The zero-order chi connectivity index (χ0) is 15.8. The second kappa shape index (κ2) is 8.61. The number of rotatable bonds is 8. The van der Waals surface area contributed by atoms with Crippen LogP contribution in [0.3, 0.4) is 0 Å². The number of carboxylic acids is 1. The van der Waals surface area contributed by atoms with Crippen molar-refractivity contribution in [2.75, 3.05) is 6.54 Å². The van der Waals surface area contributed by atoms with Crippen LogP contribution in [-0.4, -0.2) is 28.6 Å². The molecule has 118 valence electrons. The van der Waals surface area contributed by atoms with Gasteiger partial charge in [-0.2, -0.15) is 0 Å². The number of urea groups is 1. The number of unbranched alkanes of at least 4 members (excludes halogenated alkanes) is 1. The van der Waals surface area contributed by atoms with Crippen molar-refractivity contribution in [2.24, 2.45) is 5.92 Å². The SMILES string of the molecule is CC(C)CCCCNC(=O)NC(C)c1nc(C(=O)O)cs1. The largest absolute Gasteiger partial charge is 0.476 e. The average molecular weight is 313 g/mol. The van der Waals surface area contributed by atoms with Crippen molar-refractivity contribution >= 4 is 23.3 Å². The molecule has 1 atom stereocenters. The number of carbonyl (C=O) groups excluding carboxylic acids is 1. The van der Waals surface area contributed by atoms with Gasteiger partial charge in [0.25, 0.3) is 0 Å². The van der Waals surface area contributed by atoms with Crippen molar-refractivity contribution in [3.8, 4) is 0 Å². The molecule has 1 rings (SSSR count). The minimum absolute atomic E-state index is 0.0118. The van der Waals surface area contributed by atoms with E-state index in [2.05, 4.69) is 29.5 Å². The highest BCUT2D eigenvalue weighted by Crippen LogP contribution is 2.17. The number of hydrogen-bond donors (Lipinski definition) is 3. The molecule has 0 aliphatic carbocycles. The van der Waals surface area contributed by atoms with Crippen molar-refractivity contribution in [2.45, 2.75) is 46.1 Å². The molecule has 0 radical (unpaired) electrons.